The Balaban J connectivity index is 4.37. The number of hydrogen-bond donors (Lipinski definition) is 2. The first-order chi connectivity index (χ1) is 8.01. The molecule has 0 saturated carbocycles. The van der Waals surface area contributed by atoms with Crippen LogP contribution in [-0.2, 0) is 23.8 Å². The SMILES string of the molecule is CCOC(OCCOCCN)(C(C)=O)C(=O)O. The Morgan fingerprint density at radius 3 is 2.29 bits per heavy atom. The molecular weight excluding hydrogens is 230 g/mol. The number of ether oxygens (including phenoxy) is 3. The predicted molar refractivity (Wildman–Crippen MR) is 58.5 cm³/mol. The Kier molecular flexibility index (Phi) is 7.64. The van der Waals surface area contributed by atoms with Crippen molar-refractivity contribution in [2.75, 3.05) is 33.0 Å². The van der Waals surface area contributed by atoms with Gasteiger partial charge in [-0.1, -0.05) is 0 Å². The van der Waals surface area contributed by atoms with E-state index >= 15 is 0 Å². The number of nitrogens with two attached hydrogens (primary N) is 1. The number of ketones is 1. The van der Waals surface area contributed by atoms with E-state index in [1.165, 1.54) is 0 Å². The fourth-order valence-electron chi connectivity index (χ4n) is 1.15. The Morgan fingerprint density at radius 2 is 1.88 bits per heavy atom. The summed E-state index contributed by atoms with van der Waals surface area (Å²) in [6, 6.07) is 0. The standard InChI is InChI=1S/C10H19NO6/c1-3-16-10(8(2)12,9(13)14)17-7-6-15-5-4-11/h3-7,11H2,1-2H3,(H,13,14). The molecule has 0 aromatic rings. The second-order valence-electron chi connectivity index (χ2n) is 3.16. The van der Waals surface area contributed by atoms with E-state index in [1.54, 1.807) is 6.92 Å². The smallest absolute Gasteiger partial charge is 0.372 e. The zero-order valence-corrected chi connectivity index (χ0v) is 10.1. The molecule has 0 bridgehead atoms. The monoisotopic (exact) mass is 249 g/mol. The lowest BCUT2D eigenvalue weighted by molar-refractivity contribution is -0.236. The van der Waals surface area contributed by atoms with Crippen LogP contribution in [0.3, 0.4) is 0 Å². The van der Waals surface area contributed by atoms with Gasteiger partial charge in [0.1, 0.15) is 0 Å². The van der Waals surface area contributed by atoms with Crippen LogP contribution in [0.5, 0.6) is 0 Å². The number of aliphatic carboxylic acids is 1. The lowest BCUT2D eigenvalue weighted by atomic mass is 10.2. The van der Waals surface area contributed by atoms with Crippen LogP contribution in [0.15, 0.2) is 0 Å². The summed E-state index contributed by atoms with van der Waals surface area (Å²) in [4.78, 5) is 22.4. The highest BCUT2D eigenvalue weighted by Crippen LogP contribution is 2.15. The Labute approximate surface area is 99.8 Å². The van der Waals surface area contributed by atoms with Crippen LogP contribution >= 0.6 is 0 Å². The normalized spacial score (nSPS) is 14.3. The molecule has 1 atom stereocenters. The lowest BCUT2D eigenvalue weighted by Crippen LogP contribution is -2.51. The van der Waals surface area contributed by atoms with E-state index in [9.17, 15) is 9.59 Å². The van der Waals surface area contributed by atoms with Crippen LogP contribution in [0.1, 0.15) is 13.8 Å². The number of carboxylic acid groups (broad SMARTS) is 1. The van der Waals surface area contributed by atoms with Gasteiger partial charge in [-0.05, 0) is 6.92 Å². The van der Waals surface area contributed by atoms with Gasteiger partial charge >= 0.3 is 11.8 Å². The first-order valence-electron chi connectivity index (χ1n) is 5.31. The zero-order valence-electron chi connectivity index (χ0n) is 10.1. The fourth-order valence-corrected chi connectivity index (χ4v) is 1.15. The van der Waals surface area contributed by atoms with Crippen LogP contribution in [0, 0.1) is 0 Å². The van der Waals surface area contributed by atoms with Gasteiger partial charge in [-0.3, -0.25) is 4.79 Å². The van der Waals surface area contributed by atoms with Gasteiger partial charge in [-0.2, -0.15) is 0 Å². The molecule has 0 aromatic heterocycles. The van der Waals surface area contributed by atoms with E-state index in [2.05, 4.69) is 0 Å². The average molecular weight is 249 g/mol. The van der Waals surface area contributed by atoms with Crippen molar-refractivity contribution in [2.45, 2.75) is 19.6 Å². The summed E-state index contributed by atoms with van der Waals surface area (Å²) in [6.45, 7) is 3.52. The Bertz CT molecular complexity index is 241. The van der Waals surface area contributed by atoms with Crippen molar-refractivity contribution in [3.8, 4) is 0 Å². The molecule has 0 fully saturated rings. The van der Waals surface area contributed by atoms with Crippen LogP contribution in [0.4, 0.5) is 0 Å². The second kappa shape index (κ2) is 8.13. The molecule has 7 heteroatoms. The van der Waals surface area contributed by atoms with Crippen molar-refractivity contribution in [3.63, 3.8) is 0 Å². The molecule has 0 spiro atoms. The molecule has 0 saturated heterocycles. The molecule has 0 aliphatic heterocycles. The van der Waals surface area contributed by atoms with Crippen molar-refractivity contribution in [1.29, 1.82) is 0 Å². The van der Waals surface area contributed by atoms with Gasteiger partial charge in [0.05, 0.1) is 19.8 Å². The van der Waals surface area contributed by atoms with E-state index in [0.717, 1.165) is 6.92 Å². The van der Waals surface area contributed by atoms with Crippen LogP contribution in [0.25, 0.3) is 0 Å². The highest BCUT2D eigenvalue weighted by Gasteiger charge is 2.46. The van der Waals surface area contributed by atoms with E-state index in [0.29, 0.717) is 13.2 Å². The van der Waals surface area contributed by atoms with Gasteiger partial charge in [0, 0.05) is 20.1 Å². The maximum atomic E-state index is 11.3. The molecular formula is C10H19NO6. The van der Waals surface area contributed by atoms with E-state index < -0.39 is 17.5 Å². The van der Waals surface area contributed by atoms with Gasteiger partial charge in [-0.25, -0.2) is 4.79 Å². The largest absolute Gasteiger partial charge is 0.477 e. The van der Waals surface area contributed by atoms with Gasteiger partial charge in [0.2, 0.25) is 5.78 Å². The molecule has 0 aliphatic rings. The van der Waals surface area contributed by atoms with Crippen LogP contribution < -0.4 is 5.73 Å². The van der Waals surface area contributed by atoms with Crippen molar-refractivity contribution in [3.05, 3.63) is 0 Å². The first kappa shape index (κ1) is 16.0. The highest BCUT2D eigenvalue weighted by atomic mass is 16.7. The molecule has 1 unspecified atom stereocenters. The minimum absolute atomic E-state index is 0.0511. The molecule has 0 rings (SSSR count). The average Bonchev–Trinajstić information content (AvgIpc) is 2.26. The zero-order chi connectivity index (χ0) is 13.3. The van der Waals surface area contributed by atoms with Gasteiger partial charge in [0.15, 0.2) is 0 Å². The first-order valence-corrected chi connectivity index (χ1v) is 5.31. The van der Waals surface area contributed by atoms with E-state index in [-0.39, 0.29) is 19.8 Å². The molecule has 3 N–H and O–H groups in total. The maximum Gasteiger partial charge on any atom is 0.372 e. The third-order valence-corrected chi connectivity index (χ3v) is 1.89. The second-order valence-corrected chi connectivity index (χ2v) is 3.16. The molecule has 0 aliphatic carbocycles. The molecule has 0 amide bonds. The van der Waals surface area contributed by atoms with Gasteiger partial charge < -0.3 is 25.1 Å². The fraction of sp³-hybridized carbons (Fsp3) is 0.800. The van der Waals surface area contributed by atoms with Crippen molar-refractivity contribution >= 4 is 11.8 Å². The molecule has 100 valence electrons. The number of carbonyl (C=O) groups excluding carboxylic acids is 1. The third kappa shape index (κ3) is 4.78. The summed E-state index contributed by atoms with van der Waals surface area (Å²) in [5, 5.41) is 9.00. The number of hydrogen-bond acceptors (Lipinski definition) is 6. The number of Topliss-reactive ketones (excluding diaryl/α,β-unsaturated/α-hetero) is 1. The molecule has 0 aromatic carbocycles. The number of carboxylic acids is 1. The quantitative estimate of drug-likeness (QED) is 0.302. The van der Waals surface area contributed by atoms with Crippen molar-refractivity contribution in [2.24, 2.45) is 5.73 Å². The summed E-state index contributed by atoms with van der Waals surface area (Å²) >= 11 is 0. The molecule has 7 nitrogen and oxygen atoms in total. The molecule has 0 heterocycles. The van der Waals surface area contributed by atoms with Crippen molar-refractivity contribution < 1.29 is 28.9 Å². The molecule has 17 heavy (non-hydrogen) atoms. The lowest BCUT2D eigenvalue weighted by Gasteiger charge is -2.26. The summed E-state index contributed by atoms with van der Waals surface area (Å²) in [7, 11) is 0. The Hall–Kier alpha value is -1.02. The predicted octanol–water partition coefficient (Wildman–Crippen LogP) is -0.615. The number of rotatable bonds is 10. The molecule has 0 radical (unpaired) electrons. The Morgan fingerprint density at radius 1 is 1.24 bits per heavy atom. The van der Waals surface area contributed by atoms with Gasteiger partial charge in [-0.15, -0.1) is 0 Å². The summed E-state index contributed by atoms with van der Waals surface area (Å²) in [6.07, 6.45) is 0. The van der Waals surface area contributed by atoms with E-state index in [4.69, 9.17) is 25.1 Å². The van der Waals surface area contributed by atoms with Gasteiger partial charge in [0.25, 0.3) is 0 Å². The minimum Gasteiger partial charge on any atom is -0.477 e. The minimum atomic E-state index is -2.24. The third-order valence-electron chi connectivity index (χ3n) is 1.89. The summed E-state index contributed by atoms with van der Waals surface area (Å²) in [5.41, 5.74) is 5.20. The topological polar surface area (TPSA) is 108 Å². The summed E-state index contributed by atoms with van der Waals surface area (Å²) < 4.78 is 14.9. The summed E-state index contributed by atoms with van der Waals surface area (Å²) in [5.74, 6) is -4.42. The van der Waals surface area contributed by atoms with E-state index in [1.807, 2.05) is 0 Å². The van der Waals surface area contributed by atoms with Crippen molar-refractivity contribution in [1.82, 2.24) is 0 Å². The van der Waals surface area contributed by atoms with Crippen LogP contribution in [-0.4, -0.2) is 55.6 Å². The maximum absolute atomic E-state index is 11.3. The van der Waals surface area contributed by atoms with Crippen LogP contribution in [0.2, 0.25) is 0 Å². The highest BCUT2D eigenvalue weighted by molar-refractivity contribution is 6.03. The number of carbonyl (C=O) groups is 2.